The first kappa shape index (κ1) is 16.3. The maximum atomic E-state index is 12.5. The van der Waals surface area contributed by atoms with Gasteiger partial charge in [-0.05, 0) is 43.5 Å². The monoisotopic (exact) mass is 332 g/mol. The summed E-state index contributed by atoms with van der Waals surface area (Å²) in [5, 5.41) is 12.7. The minimum Gasteiger partial charge on any atom is -0.467 e. The van der Waals surface area contributed by atoms with E-state index >= 15 is 0 Å². The molecule has 24 heavy (non-hydrogen) atoms. The van der Waals surface area contributed by atoms with Crippen molar-refractivity contribution in [1.82, 2.24) is 10.2 Å². The molecule has 2 atom stereocenters. The number of nitrogens with one attached hydrogen (secondary N) is 1. The summed E-state index contributed by atoms with van der Waals surface area (Å²) in [6, 6.07) is 5.99. The highest BCUT2D eigenvalue weighted by molar-refractivity contribution is 5.95. The van der Waals surface area contributed by atoms with Gasteiger partial charge in [0.05, 0.1) is 19.1 Å². The van der Waals surface area contributed by atoms with Crippen molar-refractivity contribution in [2.45, 2.75) is 31.4 Å². The van der Waals surface area contributed by atoms with Crippen LogP contribution in [0.3, 0.4) is 0 Å². The molecule has 0 aliphatic carbocycles. The third-order valence-corrected chi connectivity index (χ3v) is 4.14. The average molecular weight is 332 g/mol. The fourth-order valence-corrected chi connectivity index (χ4v) is 2.89. The average Bonchev–Trinajstić information content (AvgIpc) is 3.32. The number of rotatable bonds is 5. The molecule has 2 unspecified atom stereocenters. The number of piperidine rings is 1. The van der Waals surface area contributed by atoms with Crippen LogP contribution in [0.25, 0.3) is 0 Å². The molecule has 1 aliphatic heterocycles. The Morgan fingerprint density at radius 2 is 2.04 bits per heavy atom. The van der Waals surface area contributed by atoms with E-state index in [1.807, 2.05) is 0 Å². The highest BCUT2D eigenvalue weighted by Crippen LogP contribution is 2.20. The lowest BCUT2D eigenvalue weighted by molar-refractivity contribution is -0.127. The van der Waals surface area contributed by atoms with Crippen LogP contribution in [0.4, 0.5) is 0 Å². The minimum absolute atomic E-state index is 0.0334. The zero-order valence-corrected chi connectivity index (χ0v) is 13.2. The predicted octanol–water partition coefficient (Wildman–Crippen LogP) is 1.72. The molecule has 0 radical (unpaired) electrons. The smallest absolute Gasteiger partial charge is 0.290 e. The van der Waals surface area contributed by atoms with E-state index in [2.05, 4.69) is 5.32 Å². The Morgan fingerprint density at radius 1 is 1.25 bits per heavy atom. The van der Waals surface area contributed by atoms with Gasteiger partial charge in [-0.15, -0.1) is 0 Å². The van der Waals surface area contributed by atoms with Gasteiger partial charge in [-0.2, -0.15) is 0 Å². The van der Waals surface area contributed by atoms with Crippen LogP contribution in [0.2, 0.25) is 0 Å². The summed E-state index contributed by atoms with van der Waals surface area (Å²) in [5.41, 5.74) is 0. The maximum Gasteiger partial charge on any atom is 0.290 e. The molecule has 1 aliphatic rings. The fraction of sp³-hybridized carbons (Fsp3) is 0.412. The molecule has 0 bridgehead atoms. The normalized spacial score (nSPS) is 19.0. The van der Waals surface area contributed by atoms with E-state index in [0.717, 1.165) is 12.8 Å². The molecule has 0 aromatic carbocycles. The van der Waals surface area contributed by atoms with Crippen LogP contribution < -0.4 is 5.32 Å². The number of carbonyl (C=O) groups is 2. The van der Waals surface area contributed by atoms with Gasteiger partial charge in [0.15, 0.2) is 5.76 Å². The third kappa shape index (κ3) is 3.51. The Hall–Kier alpha value is -2.54. The topological polar surface area (TPSA) is 95.9 Å². The van der Waals surface area contributed by atoms with Gasteiger partial charge < -0.3 is 24.2 Å². The largest absolute Gasteiger partial charge is 0.467 e. The predicted molar refractivity (Wildman–Crippen MR) is 84.1 cm³/mol. The van der Waals surface area contributed by atoms with Crippen molar-refractivity contribution in [1.29, 1.82) is 0 Å². The summed E-state index contributed by atoms with van der Waals surface area (Å²) in [6.45, 7) is 0.546. The standard InChI is InChI=1S/C17H20N2O5/c20-13(14-6-3-9-23-14)11-18-16(21)12-5-1-2-8-19(12)17(22)15-7-4-10-24-15/h3-4,6-7,9-10,12-13,20H,1-2,5,8,11H2,(H,18,21). The Morgan fingerprint density at radius 3 is 2.75 bits per heavy atom. The van der Waals surface area contributed by atoms with E-state index in [1.54, 1.807) is 24.3 Å². The van der Waals surface area contributed by atoms with Crippen LogP contribution >= 0.6 is 0 Å². The van der Waals surface area contributed by atoms with Gasteiger partial charge in [0.2, 0.25) is 5.91 Å². The maximum absolute atomic E-state index is 12.5. The van der Waals surface area contributed by atoms with Crippen molar-refractivity contribution in [3.8, 4) is 0 Å². The summed E-state index contributed by atoms with van der Waals surface area (Å²) in [6.07, 6.45) is 4.31. The van der Waals surface area contributed by atoms with Gasteiger partial charge in [0.1, 0.15) is 17.9 Å². The summed E-state index contributed by atoms with van der Waals surface area (Å²) in [5.74, 6) is 0.0550. The van der Waals surface area contributed by atoms with Crippen molar-refractivity contribution in [3.05, 3.63) is 48.3 Å². The molecule has 0 spiro atoms. The molecule has 2 aromatic rings. The molecular weight excluding hydrogens is 312 g/mol. The number of amides is 2. The third-order valence-electron chi connectivity index (χ3n) is 4.14. The molecule has 3 heterocycles. The Labute approximate surface area is 139 Å². The Bertz CT molecular complexity index is 665. The quantitative estimate of drug-likeness (QED) is 0.869. The number of hydrogen-bond donors (Lipinski definition) is 2. The number of nitrogens with zero attached hydrogens (tertiary/aromatic N) is 1. The molecule has 1 fully saturated rings. The Kier molecular flexibility index (Phi) is 5.00. The molecule has 7 heteroatoms. The number of likely N-dealkylation sites (tertiary alicyclic amines) is 1. The first-order valence-electron chi connectivity index (χ1n) is 8.00. The van der Waals surface area contributed by atoms with E-state index in [0.29, 0.717) is 18.7 Å². The van der Waals surface area contributed by atoms with E-state index in [4.69, 9.17) is 8.83 Å². The van der Waals surface area contributed by atoms with E-state index in [-0.39, 0.29) is 24.1 Å². The number of hydrogen-bond acceptors (Lipinski definition) is 5. The van der Waals surface area contributed by atoms with Crippen molar-refractivity contribution in [2.24, 2.45) is 0 Å². The first-order valence-corrected chi connectivity index (χ1v) is 8.00. The van der Waals surface area contributed by atoms with Crippen molar-refractivity contribution in [2.75, 3.05) is 13.1 Å². The number of carbonyl (C=O) groups excluding carboxylic acids is 2. The fourth-order valence-electron chi connectivity index (χ4n) is 2.89. The lowest BCUT2D eigenvalue weighted by Gasteiger charge is -2.34. The lowest BCUT2D eigenvalue weighted by Crippen LogP contribution is -2.52. The summed E-state index contributed by atoms with van der Waals surface area (Å²) in [7, 11) is 0. The molecule has 2 aromatic heterocycles. The molecule has 2 N–H and O–H groups in total. The van der Waals surface area contributed by atoms with Crippen LogP contribution in [-0.4, -0.2) is 41.0 Å². The first-order chi connectivity index (χ1) is 11.7. The molecule has 2 amide bonds. The lowest BCUT2D eigenvalue weighted by atomic mass is 10.0. The molecule has 3 rings (SSSR count). The van der Waals surface area contributed by atoms with Crippen LogP contribution in [0, 0.1) is 0 Å². The van der Waals surface area contributed by atoms with E-state index in [9.17, 15) is 14.7 Å². The van der Waals surface area contributed by atoms with Gasteiger partial charge in [-0.25, -0.2) is 0 Å². The van der Waals surface area contributed by atoms with Crippen molar-refractivity contribution in [3.63, 3.8) is 0 Å². The van der Waals surface area contributed by atoms with E-state index in [1.165, 1.54) is 17.4 Å². The van der Waals surface area contributed by atoms with Gasteiger partial charge >= 0.3 is 0 Å². The second kappa shape index (κ2) is 7.35. The summed E-state index contributed by atoms with van der Waals surface area (Å²) >= 11 is 0. The molecule has 128 valence electrons. The SMILES string of the molecule is O=C(NCC(O)c1ccco1)C1CCCCN1C(=O)c1ccco1. The molecule has 7 nitrogen and oxygen atoms in total. The van der Waals surface area contributed by atoms with Crippen molar-refractivity contribution < 1.29 is 23.5 Å². The highest BCUT2D eigenvalue weighted by atomic mass is 16.4. The van der Waals surface area contributed by atoms with E-state index < -0.39 is 12.1 Å². The number of furan rings is 2. The zero-order valence-electron chi connectivity index (χ0n) is 13.2. The van der Waals surface area contributed by atoms with Crippen LogP contribution in [0.1, 0.15) is 41.7 Å². The highest BCUT2D eigenvalue weighted by Gasteiger charge is 2.33. The van der Waals surface area contributed by atoms with Crippen LogP contribution in [0.15, 0.2) is 45.6 Å². The Balaban J connectivity index is 1.62. The van der Waals surface area contributed by atoms with Gasteiger partial charge in [-0.3, -0.25) is 9.59 Å². The van der Waals surface area contributed by atoms with Gasteiger partial charge in [0.25, 0.3) is 5.91 Å². The second-order valence-electron chi connectivity index (χ2n) is 5.76. The molecule has 0 saturated carbocycles. The second-order valence-corrected chi connectivity index (χ2v) is 5.76. The molecular formula is C17H20N2O5. The van der Waals surface area contributed by atoms with Crippen LogP contribution in [0.5, 0.6) is 0 Å². The number of aliphatic hydroxyl groups is 1. The summed E-state index contributed by atoms with van der Waals surface area (Å²) < 4.78 is 10.3. The van der Waals surface area contributed by atoms with Crippen LogP contribution in [-0.2, 0) is 4.79 Å². The van der Waals surface area contributed by atoms with Gasteiger partial charge in [-0.1, -0.05) is 0 Å². The zero-order chi connectivity index (χ0) is 16.9. The minimum atomic E-state index is -0.915. The van der Waals surface area contributed by atoms with Crippen molar-refractivity contribution >= 4 is 11.8 Å². The molecule has 1 saturated heterocycles. The summed E-state index contributed by atoms with van der Waals surface area (Å²) in [4.78, 5) is 26.5. The van der Waals surface area contributed by atoms with Gasteiger partial charge in [0, 0.05) is 6.54 Å². The number of aliphatic hydroxyl groups excluding tert-OH is 1.